The Morgan fingerprint density at radius 2 is 1.96 bits per heavy atom. The van der Waals surface area contributed by atoms with Gasteiger partial charge in [0.05, 0.1) is 12.0 Å². The first-order valence-electron chi connectivity index (χ1n) is 10.1. The molecule has 150 valence electrons. The van der Waals surface area contributed by atoms with Gasteiger partial charge in [-0.15, -0.1) is 0 Å². The zero-order valence-electron chi connectivity index (χ0n) is 16.6. The molecule has 0 amide bonds. The Labute approximate surface area is 161 Å². The summed E-state index contributed by atoms with van der Waals surface area (Å²) < 4.78 is 0. The lowest BCUT2D eigenvalue weighted by molar-refractivity contribution is -0.156. The second-order valence-electron chi connectivity index (χ2n) is 9.29. The van der Waals surface area contributed by atoms with Crippen LogP contribution in [0.3, 0.4) is 0 Å². The minimum absolute atomic E-state index is 0.1000. The van der Waals surface area contributed by atoms with Gasteiger partial charge in [-0.1, -0.05) is 19.4 Å². The molecule has 4 aliphatic rings. The summed E-state index contributed by atoms with van der Waals surface area (Å²) in [5.74, 6) is 0.288. The normalized spacial score (nSPS) is 45.1. The van der Waals surface area contributed by atoms with Crippen molar-refractivity contribution in [2.24, 2.45) is 34.5 Å². The Hall–Kier alpha value is -1.62. The van der Waals surface area contributed by atoms with Crippen molar-refractivity contribution in [3.63, 3.8) is 0 Å². The standard InChI is InChI=1S/C20H28O4.C2H5N/c1-19-8-7-12(21)9-11(19)3-4-13-14-5-6-15(18(23)24)20(14,2)10-16(22)17(13)19;1-2-3/h7,9,13-17,21-22H,3-6,8,10H2,1-2H3,(H,23,24);2-3H,1H3. The van der Waals surface area contributed by atoms with Gasteiger partial charge in [-0.25, -0.2) is 0 Å². The second kappa shape index (κ2) is 7.08. The molecule has 0 aromatic heterocycles. The fourth-order valence-corrected chi connectivity index (χ4v) is 6.94. The average Bonchev–Trinajstić information content (AvgIpc) is 2.92. The van der Waals surface area contributed by atoms with Crippen LogP contribution in [0.5, 0.6) is 0 Å². The summed E-state index contributed by atoms with van der Waals surface area (Å²) >= 11 is 0. The van der Waals surface area contributed by atoms with E-state index in [9.17, 15) is 20.1 Å². The van der Waals surface area contributed by atoms with E-state index in [1.165, 1.54) is 11.8 Å². The van der Waals surface area contributed by atoms with E-state index in [1.807, 2.05) is 12.2 Å². The maximum atomic E-state index is 11.7. The molecule has 0 aromatic carbocycles. The number of hydrogen-bond donors (Lipinski definition) is 4. The molecule has 0 spiro atoms. The number of fused-ring (bicyclic) bond motifs is 5. The number of rotatable bonds is 1. The van der Waals surface area contributed by atoms with Crippen molar-refractivity contribution in [1.82, 2.24) is 0 Å². The van der Waals surface area contributed by atoms with Crippen molar-refractivity contribution in [2.75, 3.05) is 0 Å². The molecular weight excluding hydrogens is 342 g/mol. The molecule has 27 heavy (non-hydrogen) atoms. The average molecular weight is 376 g/mol. The zero-order chi connectivity index (χ0) is 20.0. The minimum Gasteiger partial charge on any atom is -0.508 e. The molecule has 4 N–H and O–H groups in total. The number of aliphatic hydroxyl groups excluding tert-OH is 2. The number of aliphatic hydroxyl groups is 2. The molecule has 4 aliphatic carbocycles. The maximum Gasteiger partial charge on any atom is 0.307 e. The maximum absolute atomic E-state index is 11.7. The summed E-state index contributed by atoms with van der Waals surface area (Å²) in [4.78, 5) is 11.7. The van der Waals surface area contributed by atoms with Crippen LogP contribution >= 0.6 is 0 Å². The molecule has 3 fully saturated rings. The smallest absolute Gasteiger partial charge is 0.307 e. The van der Waals surface area contributed by atoms with E-state index in [4.69, 9.17) is 5.41 Å². The predicted octanol–water partition coefficient (Wildman–Crippen LogP) is 4.33. The third kappa shape index (κ3) is 3.04. The first kappa shape index (κ1) is 20.1. The summed E-state index contributed by atoms with van der Waals surface area (Å²) in [6.45, 7) is 6.00. The lowest BCUT2D eigenvalue weighted by Gasteiger charge is -2.59. The largest absolute Gasteiger partial charge is 0.508 e. The molecule has 7 unspecified atom stereocenters. The Balaban J connectivity index is 0.000000659. The van der Waals surface area contributed by atoms with Gasteiger partial charge in [0.25, 0.3) is 0 Å². The van der Waals surface area contributed by atoms with E-state index < -0.39 is 12.1 Å². The monoisotopic (exact) mass is 375 g/mol. The fourth-order valence-electron chi connectivity index (χ4n) is 6.94. The number of nitrogens with one attached hydrogen (secondary N) is 1. The van der Waals surface area contributed by atoms with Crippen molar-refractivity contribution < 1.29 is 20.1 Å². The number of aliphatic carboxylic acids is 1. The number of carboxylic acid groups (broad SMARTS) is 1. The molecule has 5 nitrogen and oxygen atoms in total. The topological polar surface area (TPSA) is 102 Å². The molecule has 0 aliphatic heterocycles. The van der Waals surface area contributed by atoms with E-state index >= 15 is 0 Å². The molecule has 3 saturated carbocycles. The van der Waals surface area contributed by atoms with Gasteiger partial charge in [-0.05, 0) is 92.4 Å². The van der Waals surface area contributed by atoms with Crippen molar-refractivity contribution in [1.29, 1.82) is 5.41 Å². The molecule has 5 heteroatoms. The highest BCUT2D eigenvalue weighted by molar-refractivity contribution is 5.71. The first-order valence-corrected chi connectivity index (χ1v) is 10.1. The van der Waals surface area contributed by atoms with Gasteiger partial charge in [-0.2, -0.15) is 0 Å². The van der Waals surface area contributed by atoms with Gasteiger partial charge in [0, 0.05) is 0 Å². The number of allylic oxidation sites excluding steroid dienone is 3. The van der Waals surface area contributed by atoms with Crippen LogP contribution in [0.2, 0.25) is 0 Å². The quantitative estimate of drug-likeness (QED) is 0.512. The molecule has 0 heterocycles. The van der Waals surface area contributed by atoms with Crippen molar-refractivity contribution in [2.45, 2.75) is 65.4 Å². The zero-order valence-corrected chi connectivity index (χ0v) is 16.6. The summed E-state index contributed by atoms with van der Waals surface area (Å²) in [5.41, 5.74) is 0.882. The second-order valence-corrected chi connectivity index (χ2v) is 9.29. The number of hydrogen-bond acceptors (Lipinski definition) is 4. The molecule has 7 atom stereocenters. The highest BCUT2D eigenvalue weighted by Gasteiger charge is 2.62. The van der Waals surface area contributed by atoms with Gasteiger partial charge in [0.2, 0.25) is 0 Å². The summed E-state index contributed by atoms with van der Waals surface area (Å²) in [6, 6.07) is 0. The Bertz CT molecular complexity index is 684. The van der Waals surface area contributed by atoms with E-state index in [1.54, 1.807) is 6.92 Å². The van der Waals surface area contributed by atoms with Crippen LogP contribution in [0, 0.1) is 39.9 Å². The van der Waals surface area contributed by atoms with Crippen molar-refractivity contribution >= 4 is 12.2 Å². The number of carbonyl (C=O) groups is 1. The highest BCUT2D eigenvalue weighted by atomic mass is 16.4. The van der Waals surface area contributed by atoms with Crippen LogP contribution in [0.1, 0.15) is 59.3 Å². The van der Waals surface area contributed by atoms with Crippen LogP contribution in [0.4, 0.5) is 0 Å². The van der Waals surface area contributed by atoms with Gasteiger partial charge in [0.15, 0.2) is 0 Å². The Morgan fingerprint density at radius 1 is 1.30 bits per heavy atom. The Morgan fingerprint density at radius 3 is 2.59 bits per heavy atom. The van der Waals surface area contributed by atoms with Crippen LogP contribution in [0.25, 0.3) is 0 Å². The summed E-state index contributed by atoms with van der Waals surface area (Å²) in [7, 11) is 0. The molecule has 4 rings (SSSR count). The van der Waals surface area contributed by atoms with Crippen molar-refractivity contribution in [3.05, 3.63) is 23.5 Å². The third-order valence-corrected chi connectivity index (χ3v) is 8.02. The lowest BCUT2D eigenvalue weighted by Crippen LogP contribution is -2.56. The van der Waals surface area contributed by atoms with E-state index in [0.29, 0.717) is 24.0 Å². The van der Waals surface area contributed by atoms with E-state index in [0.717, 1.165) is 32.1 Å². The molecule has 0 aromatic rings. The van der Waals surface area contributed by atoms with Crippen LogP contribution < -0.4 is 0 Å². The van der Waals surface area contributed by atoms with E-state index in [2.05, 4.69) is 13.8 Å². The highest BCUT2D eigenvalue weighted by Crippen LogP contribution is 2.66. The molecular formula is C22H33NO4. The third-order valence-electron chi connectivity index (χ3n) is 8.02. The van der Waals surface area contributed by atoms with Gasteiger partial charge < -0.3 is 20.7 Å². The number of carboxylic acids is 1. The first-order chi connectivity index (χ1) is 12.7. The van der Waals surface area contributed by atoms with Crippen LogP contribution in [-0.4, -0.2) is 33.6 Å². The predicted molar refractivity (Wildman–Crippen MR) is 105 cm³/mol. The molecule has 0 radical (unpaired) electrons. The van der Waals surface area contributed by atoms with Gasteiger partial charge in [0.1, 0.15) is 5.76 Å². The SMILES string of the molecule is CC12CC=C(O)C=C1CCC1C2C(O)CC2(C)C(C(=O)O)CCC12.CC=N. The van der Waals surface area contributed by atoms with E-state index in [-0.39, 0.29) is 22.7 Å². The fraction of sp³-hybridized carbons (Fsp3) is 0.727. The molecule has 0 saturated heterocycles. The Kier molecular flexibility index (Phi) is 5.28. The van der Waals surface area contributed by atoms with Gasteiger partial charge >= 0.3 is 5.97 Å². The van der Waals surface area contributed by atoms with Crippen LogP contribution in [0.15, 0.2) is 23.5 Å². The van der Waals surface area contributed by atoms with Crippen molar-refractivity contribution in [3.8, 4) is 0 Å². The minimum atomic E-state index is -0.696. The summed E-state index contributed by atoms with van der Waals surface area (Å²) in [5, 5.41) is 36.7. The van der Waals surface area contributed by atoms with Gasteiger partial charge in [-0.3, -0.25) is 4.79 Å². The summed E-state index contributed by atoms with van der Waals surface area (Å²) in [6.07, 6.45) is 9.59. The molecule has 0 bridgehead atoms. The van der Waals surface area contributed by atoms with Crippen LogP contribution in [-0.2, 0) is 4.79 Å². The lowest BCUT2D eigenvalue weighted by atomic mass is 9.46.